The first kappa shape index (κ1) is 27.7. The number of hydrogen-bond donors (Lipinski definition) is 0. The minimum Gasteiger partial charge on any atom is -0.358 e. The predicted octanol–water partition coefficient (Wildman–Crippen LogP) is 6.93. The van der Waals surface area contributed by atoms with Crippen LogP contribution in [0.5, 0.6) is 5.88 Å². The van der Waals surface area contributed by atoms with E-state index in [-0.39, 0.29) is 28.0 Å². The first-order chi connectivity index (χ1) is 16.7. The molecule has 0 fully saturated rings. The zero-order chi connectivity index (χ0) is 26.9. The van der Waals surface area contributed by atoms with Gasteiger partial charge < -0.3 is 4.18 Å². The Morgan fingerprint density at radius 2 is 1.61 bits per heavy atom. The summed E-state index contributed by atoms with van der Waals surface area (Å²) in [6.45, 7) is 15.7. The Morgan fingerprint density at radius 3 is 2.17 bits per heavy atom. The van der Waals surface area contributed by atoms with Crippen molar-refractivity contribution in [3.05, 3.63) is 80.5 Å². The highest BCUT2D eigenvalue weighted by Gasteiger charge is 2.30. The van der Waals surface area contributed by atoms with Crippen LogP contribution in [-0.2, 0) is 16.7 Å². The average Bonchev–Trinajstić information content (AvgIpc) is 3.06. The van der Waals surface area contributed by atoms with Crippen molar-refractivity contribution in [3.8, 4) is 5.88 Å². The summed E-state index contributed by atoms with van der Waals surface area (Å²) in [5.74, 6) is -0.309. The van der Waals surface area contributed by atoms with Crippen molar-refractivity contribution in [3.63, 3.8) is 0 Å². The van der Waals surface area contributed by atoms with E-state index >= 15 is 0 Å². The van der Waals surface area contributed by atoms with Crippen LogP contribution in [0.2, 0.25) is 5.02 Å². The van der Waals surface area contributed by atoms with Crippen LogP contribution in [0, 0.1) is 26.7 Å². The summed E-state index contributed by atoms with van der Waals surface area (Å²) in [6, 6.07) is 9.73. The number of allylic oxidation sites excluding steroid dienone is 2. The number of aromatic nitrogens is 2. The normalized spacial score (nSPS) is 11.6. The van der Waals surface area contributed by atoms with E-state index in [1.54, 1.807) is 31.2 Å². The van der Waals surface area contributed by atoms with E-state index in [9.17, 15) is 13.2 Å². The van der Waals surface area contributed by atoms with Gasteiger partial charge in [0, 0.05) is 17.1 Å². The number of hydrogen-bond acceptors (Lipinski definition) is 5. The molecule has 36 heavy (non-hydrogen) atoms. The zero-order valence-electron chi connectivity index (χ0n) is 22.1. The molecule has 0 radical (unpaired) electrons. The van der Waals surface area contributed by atoms with E-state index in [0.717, 1.165) is 27.8 Å². The van der Waals surface area contributed by atoms with E-state index in [1.165, 1.54) is 16.8 Å². The van der Waals surface area contributed by atoms with Crippen molar-refractivity contribution in [2.75, 3.05) is 0 Å². The van der Waals surface area contributed by atoms with Gasteiger partial charge in [0.25, 0.3) is 0 Å². The number of rotatable bonds is 8. The van der Waals surface area contributed by atoms with Gasteiger partial charge in [-0.3, -0.25) is 4.79 Å². The SMILES string of the molecule is CC(C)=C(C)c1c(Cl)ccc(C(=O)c2c(C)nn(CC(C)C)c2OS(=O)(=O)c2ccc(C)cc2)c1C. The third kappa shape index (κ3) is 5.57. The topological polar surface area (TPSA) is 78.3 Å². The second kappa shape index (κ2) is 10.6. The number of nitrogens with zero attached hydrogens (tertiary/aromatic N) is 2. The van der Waals surface area contributed by atoms with Gasteiger partial charge in [0.2, 0.25) is 11.7 Å². The van der Waals surface area contributed by atoms with Gasteiger partial charge in [0.1, 0.15) is 10.5 Å². The van der Waals surface area contributed by atoms with E-state index in [4.69, 9.17) is 15.8 Å². The molecule has 0 unspecified atom stereocenters. The number of carbonyl (C=O) groups excluding carboxylic acids is 1. The molecular weight excluding hydrogens is 496 g/mol. The summed E-state index contributed by atoms with van der Waals surface area (Å²) >= 11 is 6.52. The van der Waals surface area contributed by atoms with Gasteiger partial charge in [-0.1, -0.05) is 48.7 Å². The Hall–Kier alpha value is -2.90. The van der Waals surface area contributed by atoms with E-state index < -0.39 is 10.1 Å². The largest absolute Gasteiger partial charge is 0.358 e. The van der Waals surface area contributed by atoms with Crippen molar-refractivity contribution in [1.82, 2.24) is 9.78 Å². The van der Waals surface area contributed by atoms with Crippen LogP contribution in [0.15, 0.2) is 46.9 Å². The minimum atomic E-state index is -4.20. The molecule has 3 aromatic rings. The van der Waals surface area contributed by atoms with E-state index in [2.05, 4.69) is 5.10 Å². The van der Waals surface area contributed by atoms with Crippen LogP contribution < -0.4 is 4.18 Å². The molecule has 0 aliphatic rings. The summed E-state index contributed by atoms with van der Waals surface area (Å²) in [5.41, 5.74) is 5.43. The number of halogens is 1. The lowest BCUT2D eigenvalue weighted by Crippen LogP contribution is -2.17. The van der Waals surface area contributed by atoms with Gasteiger partial charge >= 0.3 is 10.1 Å². The highest BCUT2D eigenvalue weighted by atomic mass is 35.5. The van der Waals surface area contributed by atoms with Crippen molar-refractivity contribution >= 4 is 33.1 Å². The summed E-state index contributed by atoms with van der Waals surface area (Å²) < 4.78 is 33.5. The molecule has 0 N–H and O–H groups in total. The molecule has 2 aromatic carbocycles. The minimum absolute atomic E-state index is 0.00518. The third-order valence-electron chi connectivity index (χ3n) is 6.13. The maximum atomic E-state index is 13.9. The van der Waals surface area contributed by atoms with Crippen molar-refractivity contribution in [2.45, 2.75) is 66.8 Å². The second-order valence-electron chi connectivity index (χ2n) is 9.74. The molecule has 8 heteroatoms. The fourth-order valence-corrected chi connectivity index (χ4v) is 5.29. The molecule has 0 amide bonds. The molecule has 0 bridgehead atoms. The zero-order valence-corrected chi connectivity index (χ0v) is 23.6. The Morgan fingerprint density at radius 1 is 1.00 bits per heavy atom. The number of ketones is 1. The van der Waals surface area contributed by atoms with E-state index in [1.807, 2.05) is 48.5 Å². The van der Waals surface area contributed by atoms with Gasteiger partial charge in [-0.05, 0) is 88.4 Å². The molecule has 3 rings (SSSR count). The lowest BCUT2D eigenvalue weighted by molar-refractivity contribution is 0.103. The van der Waals surface area contributed by atoms with Gasteiger partial charge in [-0.25, -0.2) is 4.68 Å². The molecule has 0 saturated carbocycles. The molecular formula is C28H33ClN2O4S. The highest BCUT2D eigenvalue weighted by Crippen LogP contribution is 2.35. The third-order valence-corrected chi connectivity index (χ3v) is 7.67. The van der Waals surface area contributed by atoms with Crippen molar-refractivity contribution in [2.24, 2.45) is 5.92 Å². The number of carbonyl (C=O) groups is 1. The molecule has 0 aliphatic carbocycles. The average molecular weight is 529 g/mol. The first-order valence-electron chi connectivity index (χ1n) is 11.8. The summed E-state index contributed by atoms with van der Waals surface area (Å²) in [4.78, 5) is 13.9. The van der Waals surface area contributed by atoms with Crippen LogP contribution >= 0.6 is 11.6 Å². The second-order valence-corrected chi connectivity index (χ2v) is 11.7. The molecule has 192 valence electrons. The lowest BCUT2D eigenvalue weighted by atomic mass is 9.91. The van der Waals surface area contributed by atoms with Gasteiger partial charge in [-0.2, -0.15) is 13.5 Å². The Balaban J connectivity index is 2.20. The van der Waals surface area contributed by atoms with Crippen LogP contribution in [0.4, 0.5) is 0 Å². The molecule has 6 nitrogen and oxygen atoms in total. The summed E-state index contributed by atoms with van der Waals surface area (Å²) in [6.07, 6.45) is 0. The molecule has 1 aromatic heterocycles. The van der Waals surface area contributed by atoms with Gasteiger partial charge in [0.15, 0.2) is 0 Å². The lowest BCUT2D eigenvalue weighted by Gasteiger charge is -2.16. The quantitative estimate of drug-likeness (QED) is 0.234. The van der Waals surface area contributed by atoms with Crippen molar-refractivity contribution in [1.29, 1.82) is 0 Å². The molecule has 0 atom stereocenters. The summed E-state index contributed by atoms with van der Waals surface area (Å²) in [7, 11) is -4.20. The van der Waals surface area contributed by atoms with Crippen LogP contribution in [0.3, 0.4) is 0 Å². The monoisotopic (exact) mass is 528 g/mol. The Bertz CT molecular complexity index is 1450. The standard InChI is InChI=1S/C28H33ClN2O4S/c1-16(2)15-31-28(35-36(33,34)22-11-9-18(5)10-12-22)26(21(8)30-31)27(32)23-13-14-24(29)25(20(23)7)19(6)17(3)4/h9-14,16H,15H2,1-8H3. The number of benzene rings is 2. The maximum Gasteiger partial charge on any atom is 0.340 e. The number of aryl methyl sites for hydroxylation is 2. The molecule has 1 heterocycles. The van der Waals surface area contributed by atoms with Gasteiger partial charge in [0.05, 0.1) is 5.69 Å². The first-order valence-corrected chi connectivity index (χ1v) is 13.6. The van der Waals surface area contributed by atoms with Crippen LogP contribution in [0.1, 0.15) is 72.9 Å². The molecule has 0 saturated heterocycles. The fraction of sp³-hybridized carbons (Fsp3) is 0.357. The van der Waals surface area contributed by atoms with Crippen molar-refractivity contribution < 1.29 is 17.4 Å². The fourth-order valence-electron chi connectivity index (χ4n) is 4.00. The smallest absolute Gasteiger partial charge is 0.340 e. The van der Waals surface area contributed by atoms with Crippen LogP contribution in [0.25, 0.3) is 5.57 Å². The van der Waals surface area contributed by atoms with Gasteiger partial charge in [-0.15, -0.1) is 0 Å². The van der Waals surface area contributed by atoms with E-state index in [0.29, 0.717) is 22.8 Å². The highest BCUT2D eigenvalue weighted by molar-refractivity contribution is 7.87. The molecule has 0 aliphatic heterocycles. The predicted molar refractivity (Wildman–Crippen MR) is 144 cm³/mol. The van der Waals surface area contributed by atoms with Crippen LogP contribution in [-0.4, -0.2) is 24.0 Å². The summed E-state index contributed by atoms with van der Waals surface area (Å²) in [5, 5.41) is 5.04. The Kier molecular flexibility index (Phi) is 8.16. The molecule has 0 spiro atoms. The Labute approximate surface area is 219 Å². The maximum absolute atomic E-state index is 13.9.